The normalized spacial score (nSPS) is 16.4. The second-order valence-corrected chi connectivity index (χ2v) is 7.36. The monoisotopic (exact) mass is 302 g/mol. The minimum absolute atomic E-state index is 0.129. The third kappa shape index (κ3) is 6.13. The molecule has 0 aliphatic heterocycles. The molecule has 108 valence electrons. The highest BCUT2D eigenvalue weighted by molar-refractivity contribution is 7.99. The predicted molar refractivity (Wildman–Crippen MR) is 82.9 cm³/mol. The molecule has 2 unspecified atom stereocenters. The molecule has 0 saturated carbocycles. The second kappa shape index (κ2) is 7.48. The van der Waals surface area contributed by atoms with Crippen LogP contribution < -0.4 is 5.32 Å². The first kappa shape index (κ1) is 16.8. The van der Waals surface area contributed by atoms with Gasteiger partial charge in [-0.05, 0) is 25.5 Å². The number of hydrogen-bond acceptors (Lipinski definition) is 4. The average Bonchev–Trinajstić information content (AvgIpc) is 2.31. The lowest BCUT2D eigenvalue weighted by molar-refractivity contribution is 0.157. The molecule has 0 aliphatic rings. The minimum atomic E-state index is -0.257. The van der Waals surface area contributed by atoms with E-state index in [1.165, 1.54) is 0 Å². The van der Waals surface area contributed by atoms with Crippen molar-refractivity contribution in [1.29, 1.82) is 0 Å². The van der Waals surface area contributed by atoms with Crippen molar-refractivity contribution in [3.05, 3.63) is 23.4 Å². The highest BCUT2D eigenvalue weighted by Crippen LogP contribution is 2.28. The third-order valence-corrected chi connectivity index (χ3v) is 4.02. The summed E-state index contributed by atoms with van der Waals surface area (Å²) in [4.78, 5) is 4.28. The molecular weight excluding hydrogens is 280 g/mol. The highest BCUT2D eigenvalue weighted by Gasteiger charge is 2.26. The molecule has 5 heteroatoms. The van der Waals surface area contributed by atoms with E-state index in [1.807, 2.05) is 12.1 Å². The maximum Gasteiger partial charge on any atom is 0.0963 e. The van der Waals surface area contributed by atoms with Gasteiger partial charge in [0.2, 0.25) is 0 Å². The molecule has 2 atom stereocenters. The van der Waals surface area contributed by atoms with Crippen LogP contribution in [0.2, 0.25) is 5.02 Å². The number of rotatable bonds is 7. The van der Waals surface area contributed by atoms with Gasteiger partial charge in [0.15, 0.2) is 0 Å². The zero-order valence-corrected chi connectivity index (χ0v) is 13.6. The zero-order chi connectivity index (χ0) is 14.5. The Kier molecular flexibility index (Phi) is 6.60. The molecular formula is C14H23ClN2OS. The van der Waals surface area contributed by atoms with Crippen LogP contribution in [0.3, 0.4) is 0 Å². The fourth-order valence-electron chi connectivity index (χ4n) is 2.18. The topological polar surface area (TPSA) is 45.1 Å². The van der Waals surface area contributed by atoms with Gasteiger partial charge in [-0.2, -0.15) is 0 Å². The van der Waals surface area contributed by atoms with Crippen molar-refractivity contribution in [3.63, 3.8) is 0 Å². The van der Waals surface area contributed by atoms with Crippen LogP contribution in [0, 0.1) is 0 Å². The lowest BCUT2D eigenvalue weighted by Crippen LogP contribution is -2.50. The van der Waals surface area contributed by atoms with E-state index in [2.05, 4.69) is 38.0 Å². The quantitative estimate of drug-likeness (QED) is 0.758. The van der Waals surface area contributed by atoms with Crippen LogP contribution in [0.5, 0.6) is 0 Å². The van der Waals surface area contributed by atoms with E-state index in [4.69, 9.17) is 11.6 Å². The first-order valence-electron chi connectivity index (χ1n) is 6.51. The molecule has 1 heterocycles. The Bertz CT molecular complexity index is 386. The van der Waals surface area contributed by atoms with Crippen LogP contribution in [0.25, 0.3) is 0 Å². The number of nitrogens with one attached hydrogen (secondary N) is 1. The Labute approximate surface area is 125 Å². The third-order valence-electron chi connectivity index (χ3n) is 2.75. The van der Waals surface area contributed by atoms with Gasteiger partial charge in [-0.25, -0.2) is 4.98 Å². The molecule has 0 aliphatic carbocycles. The van der Waals surface area contributed by atoms with Crippen molar-refractivity contribution < 1.29 is 5.11 Å². The largest absolute Gasteiger partial charge is 0.394 e. The molecule has 0 bridgehead atoms. The van der Waals surface area contributed by atoms with Crippen molar-refractivity contribution in [2.24, 2.45) is 0 Å². The Morgan fingerprint density at radius 3 is 2.58 bits per heavy atom. The number of nitrogens with zero attached hydrogens (tertiary/aromatic N) is 1. The summed E-state index contributed by atoms with van der Waals surface area (Å²) < 4.78 is 0. The van der Waals surface area contributed by atoms with E-state index in [0.29, 0.717) is 16.3 Å². The Morgan fingerprint density at radius 2 is 2.11 bits per heavy atom. The van der Waals surface area contributed by atoms with E-state index >= 15 is 0 Å². The van der Waals surface area contributed by atoms with Gasteiger partial charge in [0.05, 0.1) is 16.7 Å². The maximum atomic E-state index is 9.58. The first-order chi connectivity index (χ1) is 8.84. The van der Waals surface area contributed by atoms with Crippen LogP contribution in [-0.4, -0.2) is 33.5 Å². The lowest BCUT2D eigenvalue weighted by Gasteiger charge is -2.33. The van der Waals surface area contributed by atoms with Gasteiger partial charge >= 0.3 is 0 Å². The number of aliphatic hydroxyl groups is 1. The number of halogens is 1. The van der Waals surface area contributed by atoms with Gasteiger partial charge in [-0.1, -0.05) is 32.4 Å². The van der Waals surface area contributed by atoms with E-state index in [1.54, 1.807) is 18.0 Å². The number of aliphatic hydroxyl groups excluding tert-OH is 1. The summed E-state index contributed by atoms with van der Waals surface area (Å²) in [7, 11) is 0. The van der Waals surface area contributed by atoms with Crippen LogP contribution in [-0.2, 0) is 0 Å². The van der Waals surface area contributed by atoms with Crippen LogP contribution >= 0.6 is 23.4 Å². The van der Waals surface area contributed by atoms with Gasteiger partial charge in [-0.3, -0.25) is 0 Å². The molecule has 19 heavy (non-hydrogen) atoms. The molecule has 0 saturated heterocycles. The SMILES string of the molecule is CC(C)NC(C)(CO)CC(C)Sc1ccc(Cl)cn1. The summed E-state index contributed by atoms with van der Waals surface area (Å²) in [5.41, 5.74) is -0.257. The van der Waals surface area contributed by atoms with Crippen molar-refractivity contribution in [3.8, 4) is 0 Å². The van der Waals surface area contributed by atoms with Crippen LogP contribution in [0.1, 0.15) is 34.1 Å². The standard InChI is InChI=1S/C14H23ClN2OS/c1-10(2)17-14(4,9-18)7-11(3)19-13-6-5-12(15)8-16-13/h5-6,8,10-11,17-18H,7,9H2,1-4H3. The Hall–Kier alpha value is -0.290. The summed E-state index contributed by atoms with van der Waals surface area (Å²) in [6, 6.07) is 4.12. The number of thioether (sulfide) groups is 1. The lowest BCUT2D eigenvalue weighted by atomic mass is 9.96. The van der Waals surface area contributed by atoms with Gasteiger partial charge in [0.1, 0.15) is 0 Å². The van der Waals surface area contributed by atoms with Gasteiger partial charge in [0.25, 0.3) is 0 Å². The van der Waals surface area contributed by atoms with E-state index in [9.17, 15) is 5.11 Å². The van der Waals surface area contributed by atoms with E-state index in [0.717, 1.165) is 11.4 Å². The summed E-state index contributed by atoms with van der Waals surface area (Å²) in [5.74, 6) is 0. The van der Waals surface area contributed by atoms with Gasteiger partial charge in [0, 0.05) is 23.0 Å². The Morgan fingerprint density at radius 1 is 1.42 bits per heavy atom. The van der Waals surface area contributed by atoms with E-state index in [-0.39, 0.29) is 12.1 Å². The minimum Gasteiger partial charge on any atom is -0.394 e. The molecule has 1 aromatic heterocycles. The molecule has 0 fully saturated rings. The highest BCUT2D eigenvalue weighted by atomic mass is 35.5. The fourth-order valence-corrected chi connectivity index (χ4v) is 3.42. The number of aromatic nitrogens is 1. The maximum absolute atomic E-state index is 9.58. The van der Waals surface area contributed by atoms with Crippen molar-refractivity contribution in [2.75, 3.05) is 6.61 Å². The molecule has 0 radical (unpaired) electrons. The summed E-state index contributed by atoms with van der Waals surface area (Å²) in [6.45, 7) is 8.51. The molecule has 0 aromatic carbocycles. The summed E-state index contributed by atoms with van der Waals surface area (Å²) in [5, 5.41) is 15.0. The molecule has 1 rings (SSSR count). The summed E-state index contributed by atoms with van der Waals surface area (Å²) >= 11 is 7.52. The number of pyridine rings is 1. The van der Waals surface area contributed by atoms with Crippen LogP contribution in [0.4, 0.5) is 0 Å². The zero-order valence-electron chi connectivity index (χ0n) is 12.0. The number of hydrogen-bond donors (Lipinski definition) is 2. The summed E-state index contributed by atoms with van der Waals surface area (Å²) in [6.07, 6.45) is 2.53. The molecule has 0 amide bonds. The van der Waals surface area contributed by atoms with Crippen molar-refractivity contribution in [1.82, 2.24) is 10.3 Å². The van der Waals surface area contributed by atoms with Crippen LogP contribution in [0.15, 0.2) is 23.4 Å². The average molecular weight is 303 g/mol. The second-order valence-electron chi connectivity index (χ2n) is 5.47. The van der Waals surface area contributed by atoms with Gasteiger partial charge in [-0.15, -0.1) is 11.8 Å². The molecule has 2 N–H and O–H groups in total. The fraction of sp³-hybridized carbons (Fsp3) is 0.643. The van der Waals surface area contributed by atoms with Crippen molar-refractivity contribution >= 4 is 23.4 Å². The predicted octanol–water partition coefficient (Wildman–Crippen LogP) is 3.35. The van der Waals surface area contributed by atoms with E-state index < -0.39 is 0 Å². The Balaban J connectivity index is 2.57. The smallest absolute Gasteiger partial charge is 0.0963 e. The molecule has 0 spiro atoms. The first-order valence-corrected chi connectivity index (χ1v) is 7.77. The molecule has 1 aromatic rings. The van der Waals surface area contributed by atoms with Crippen molar-refractivity contribution in [2.45, 2.75) is 56.0 Å². The van der Waals surface area contributed by atoms with Gasteiger partial charge < -0.3 is 10.4 Å². The molecule has 3 nitrogen and oxygen atoms in total.